The van der Waals surface area contributed by atoms with Gasteiger partial charge in [0.25, 0.3) is 0 Å². The van der Waals surface area contributed by atoms with E-state index in [0.717, 1.165) is 12.1 Å². The molecule has 0 unspecified atom stereocenters. The molecule has 2 atom stereocenters. The van der Waals surface area contributed by atoms with Crippen LogP contribution in [0.5, 0.6) is 0 Å². The summed E-state index contributed by atoms with van der Waals surface area (Å²) < 4.78 is 69.6. The SMILES string of the molecule is CNCCCC(=O)OCc1ccc(C#N)cc1C(=O)O[C@@](Cn1cncn1)(c1ccc(F)cc1F)[C@@H](C)S[C@H]1CO[C@H](/C=C/C=C/c2ccc(C#N)cc2F)OC1. The maximum Gasteiger partial charge on any atom is 0.339 e. The smallest absolute Gasteiger partial charge is 0.339 e. The Morgan fingerprint density at radius 1 is 1.05 bits per heavy atom. The van der Waals surface area contributed by atoms with Crippen LogP contribution in [-0.2, 0) is 42.5 Å². The van der Waals surface area contributed by atoms with Crippen LogP contribution in [0.2, 0.25) is 0 Å². The van der Waals surface area contributed by atoms with Crippen molar-refractivity contribution in [2.45, 2.75) is 55.3 Å². The zero-order chi connectivity index (χ0) is 40.8. The minimum atomic E-state index is -1.88. The second kappa shape index (κ2) is 20.4. The van der Waals surface area contributed by atoms with Gasteiger partial charge in [0.15, 0.2) is 11.9 Å². The number of esters is 2. The predicted octanol–water partition coefficient (Wildman–Crippen LogP) is 6.37. The van der Waals surface area contributed by atoms with Gasteiger partial charge in [-0.15, -0.1) is 11.8 Å². The van der Waals surface area contributed by atoms with Crippen molar-refractivity contribution in [2.24, 2.45) is 0 Å². The number of allylic oxidation sites excluding steroid dienone is 2. The first-order valence-corrected chi connectivity index (χ1v) is 18.8. The molecule has 57 heavy (non-hydrogen) atoms. The number of hydrogen-bond donors (Lipinski definition) is 1. The first-order chi connectivity index (χ1) is 27.5. The van der Waals surface area contributed by atoms with Gasteiger partial charge < -0.3 is 24.3 Å². The lowest BCUT2D eigenvalue weighted by molar-refractivity contribution is -0.146. The zero-order valence-electron chi connectivity index (χ0n) is 31.1. The first kappa shape index (κ1) is 42.4. The molecule has 0 amide bonds. The molecular formula is C41H39F3N6O6S. The van der Waals surface area contributed by atoms with Crippen LogP contribution in [0.4, 0.5) is 13.2 Å². The van der Waals surface area contributed by atoms with E-state index in [4.69, 9.17) is 24.2 Å². The number of nitrogens with one attached hydrogen (secondary N) is 1. The summed E-state index contributed by atoms with van der Waals surface area (Å²) in [6, 6.07) is 15.3. The van der Waals surface area contributed by atoms with Crippen molar-refractivity contribution in [3.05, 3.63) is 136 Å². The molecular weight excluding hydrogens is 762 g/mol. The topological polar surface area (TPSA) is 161 Å². The summed E-state index contributed by atoms with van der Waals surface area (Å²) in [5.41, 5.74) is -1.22. The second-order valence-electron chi connectivity index (χ2n) is 12.9. The van der Waals surface area contributed by atoms with Crippen LogP contribution in [0, 0.1) is 40.1 Å². The Morgan fingerprint density at radius 2 is 1.81 bits per heavy atom. The number of hydrogen-bond acceptors (Lipinski definition) is 12. The molecule has 0 aliphatic carbocycles. The van der Waals surface area contributed by atoms with Gasteiger partial charge in [0.05, 0.1) is 53.8 Å². The Bertz CT molecular complexity index is 2160. The molecule has 1 saturated heterocycles. The summed E-state index contributed by atoms with van der Waals surface area (Å²) in [6.45, 7) is 2.11. The summed E-state index contributed by atoms with van der Waals surface area (Å²) in [5.74, 6) is -3.80. The van der Waals surface area contributed by atoms with E-state index in [0.29, 0.717) is 24.6 Å². The highest BCUT2D eigenvalue weighted by Gasteiger charge is 2.47. The van der Waals surface area contributed by atoms with Crippen LogP contribution in [0.25, 0.3) is 6.08 Å². The molecule has 1 aromatic heterocycles. The fraction of sp³-hybridized carbons (Fsp3) is 0.317. The highest BCUT2D eigenvalue weighted by atomic mass is 32.2. The molecule has 4 aromatic rings. The number of ether oxygens (including phenoxy) is 4. The third kappa shape index (κ3) is 11.4. The van der Waals surface area contributed by atoms with Crippen LogP contribution < -0.4 is 5.32 Å². The minimum absolute atomic E-state index is 0.0882. The molecule has 2 heterocycles. The monoisotopic (exact) mass is 800 g/mol. The van der Waals surface area contributed by atoms with Crippen LogP contribution >= 0.6 is 11.8 Å². The molecule has 12 nitrogen and oxygen atoms in total. The number of carbonyl (C=O) groups is 2. The van der Waals surface area contributed by atoms with E-state index in [1.54, 1.807) is 38.3 Å². The Kier molecular flexibility index (Phi) is 15.2. The maximum absolute atomic E-state index is 16.0. The number of nitriles is 2. The normalized spacial score (nSPS) is 17.1. The molecule has 1 fully saturated rings. The first-order valence-electron chi connectivity index (χ1n) is 17.8. The van der Waals surface area contributed by atoms with Crippen molar-refractivity contribution in [1.82, 2.24) is 20.1 Å². The molecule has 0 radical (unpaired) electrons. The molecule has 16 heteroatoms. The average molecular weight is 801 g/mol. The predicted molar refractivity (Wildman–Crippen MR) is 203 cm³/mol. The molecule has 1 N–H and O–H groups in total. The number of carbonyl (C=O) groups excluding carboxylic acids is 2. The quantitative estimate of drug-likeness (QED) is 0.0716. The van der Waals surface area contributed by atoms with E-state index >= 15 is 4.39 Å². The largest absolute Gasteiger partial charge is 0.461 e. The molecule has 0 bridgehead atoms. The third-order valence-electron chi connectivity index (χ3n) is 8.91. The maximum atomic E-state index is 16.0. The number of rotatable bonds is 17. The van der Waals surface area contributed by atoms with E-state index in [9.17, 15) is 23.6 Å². The van der Waals surface area contributed by atoms with Gasteiger partial charge in [0.1, 0.15) is 36.7 Å². The summed E-state index contributed by atoms with van der Waals surface area (Å²) >= 11 is 1.28. The molecule has 3 aromatic carbocycles. The van der Waals surface area contributed by atoms with Gasteiger partial charge in [-0.25, -0.2) is 27.6 Å². The van der Waals surface area contributed by atoms with Crippen molar-refractivity contribution in [1.29, 1.82) is 10.5 Å². The highest BCUT2D eigenvalue weighted by molar-refractivity contribution is 8.00. The fourth-order valence-corrected chi connectivity index (χ4v) is 7.31. The standard InChI is InChI=1S/C41H39F3N6O6S/c1-27(57-33-22-54-39(55-23-33)8-4-3-6-30-11-9-29(20-46)17-36(30)43)41(24-50-26-48-25-49-50,35-14-13-32(42)18-37(35)44)56-40(52)34-16-28(19-45)10-12-31(34)21-53-38(51)7-5-15-47-2/h3-4,6,8-14,16-18,25-27,33,39,47H,5,7,15,21-24H2,1-2H3/b6-3+,8-4+/t27-,33-,39-,41-/m1/s1. The van der Waals surface area contributed by atoms with Gasteiger partial charge in [-0.1, -0.05) is 30.4 Å². The zero-order valence-corrected chi connectivity index (χ0v) is 31.9. The fourth-order valence-electron chi connectivity index (χ4n) is 5.95. The molecule has 1 aliphatic rings. The molecule has 296 valence electrons. The van der Waals surface area contributed by atoms with Crippen molar-refractivity contribution >= 4 is 29.8 Å². The van der Waals surface area contributed by atoms with Crippen molar-refractivity contribution in [2.75, 3.05) is 26.8 Å². The molecule has 5 rings (SSSR count). The summed E-state index contributed by atoms with van der Waals surface area (Å²) in [4.78, 5) is 30.8. The highest BCUT2D eigenvalue weighted by Crippen LogP contribution is 2.42. The Morgan fingerprint density at radius 3 is 2.49 bits per heavy atom. The van der Waals surface area contributed by atoms with Crippen molar-refractivity contribution in [3.63, 3.8) is 0 Å². The summed E-state index contributed by atoms with van der Waals surface area (Å²) in [6.07, 6.45) is 9.00. The number of benzene rings is 3. The number of halogens is 3. The van der Waals surface area contributed by atoms with Gasteiger partial charge in [-0.2, -0.15) is 15.6 Å². The van der Waals surface area contributed by atoms with E-state index in [2.05, 4.69) is 15.4 Å². The van der Waals surface area contributed by atoms with Gasteiger partial charge in [0.2, 0.25) is 0 Å². The van der Waals surface area contributed by atoms with Gasteiger partial charge in [0, 0.05) is 34.4 Å². The van der Waals surface area contributed by atoms with Gasteiger partial charge >= 0.3 is 11.9 Å². The lowest BCUT2D eigenvalue weighted by atomic mass is 9.89. The van der Waals surface area contributed by atoms with Crippen LogP contribution in [0.3, 0.4) is 0 Å². The number of nitrogens with zero attached hydrogens (tertiary/aromatic N) is 5. The molecule has 0 spiro atoms. The lowest BCUT2D eigenvalue weighted by Gasteiger charge is -2.40. The Hall–Kier alpha value is -5.78. The van der Waals surface area contributed by atoms with E-state index in [1.807, 2.05) is 12.1 Å². The van der Waals surface area contributed by atoms with E-state index < -0.39 is 46.5 Å². The van der Waals surface area contributed by atoms with Crippen molar-refractivity contribution in [3.8, 4) is 12.1 Å². The summed E-state index contributed by atoms with van der Waals surface area (Å²) in [7, 11) is 1.76. The lowest BCUT2D eigenvalue weighted by Crippen LogP contribution is -2.47. The van der Waals surface area contributed by atoms with Gasteiger partial charge in [-0.05, 0) is 69.4 Å². The Labute approximate surface area is 331 Å². The van der Waals surface area contributed by atoms with E-state index in [-0.39, 0.29) is 65.9 Å². The second-order valence-corrected chi connectivity index (χ2v) is 14.5. The third-order valence-corrected chi connectivity index (χ3v) is 10.4. The summed E-state index contributed by atoms with van der Waals surface area (Å²) in [5, 5.41) is 24.6. The minimum Gasteiger partial charge on any atom is -0.461 e. The van der Waals surface area contributed by atoms with Crippen LogP contribution in [-0.4, -0.2) is 70.3 Å². The van der Waals surface area contributed by atoms with Crippen molar-refractivity contribution < 1.29 is 41.7 Å². The number of thioether (sulfide) groups is 1. The number of aromatic nitrogens is 3. The van der Waals surface area contributed by atoms with E-state index in [1.165, 1.54) is 65.5 Å². The molecule has 1 aliphatic heterocycles. The average Bonchev–Trinajstić information content (AvgIpc) is 3.72. The van der Waals surface area contributed by atoms with Crippen LogP contribution in [0.1, 0.15) is 57.9 Å². The van der Waals surface area contributed by atoms with Crippen LogP contribution in [0.15, 0.2) is 85.5 Å². The Balaban J connectivity index is 1.39. The van der Waals surface area contributed by atoms with Gasteiger partial charge in [-0.3, -0.25) is 4.79 Å². The molecule has 0 saturated carbocycles.